The van der Waals surface area contributed by atoms with Crippen LogP contribution in [0.2, 0.25) is 5.02 Å². The third-order valence-corrected chi connectivity index (χ3v) is 10.2. The Labute approximate surface area is 275 Å². The van der Waals surface area contributed by atoms with E-state index in [2.05, 4.69) is 21.0 Å². The van der Waals surface area contributed by atoms with Crippen LogP contribution in [-0.2, 0) is 6.54 Å². The molecule has 15 heteroatoms. The number of carboxylic acid groups (broad SMARTS) is 1. The van der Waals surface area contributed by atoms with E-state index in [1.807, 2.05) is 4.90 Å². The summed E-state index contributed by atoms with van der Waals surface area (Å²) in [5, 5.41) is 21.9. The first-order valence-corrected chi connectivity index (χ1v) is 16.0. The maximum absolute atomic E-state index is 13.9. The van der Waals surface area contributed by atoms with Gasteiger partial charge in [-0.25, -0.2) is 23.5 Å². The van der Waals surface area contributed by atoms with Gasteiger partial charge in [0.1, 0.15) is 35.6 Å². The fourth-order valence-corrected chi connectivity index (χ4v) is 7.71. The van der Waals surface area contributed by atoms with Crippen molar-refractivity contribution < 1.29 is 23.4 Å². The van der Waals surface area contributed by atoms with Gasteiger partial charge in [-0.2, -0.15) is 5.26 Å². The number of nitriles is 1. The lowest BCUT2D eigenvalue weighted by Gasteiger charge is -2.63. The van der Waals surface area contributed by atoms with Crippen LogP contribution in [0, 0.1) is 18.3 Å². The topological polar surface area (TPSA) is 137 Å². The second-order valence-electron chi connectivity index (χ2n) is 11.6. The van der Waals surface area contributed by atoms with E-state index in [-0.39, 0.29) is 41.7 Å². The van der Waals surface area contributed by atoms with Crippen LogP contribution in [0.1, 0.15) is 28.2 Å². The minimum atomic E-state index is -2.42. The Morgan fingerprint density at radius 3 is 2.77 bits per heavy atom. The molecule has 2 aliphatic heterocycles. The van der Waals surface area contributed by atoms with Gasteiger partial charge in [-0.15, -0.1) is 11.3 Å². The standard InChI is InChI=1S/C32H26ClF2N7O4S/c1-17-39-23-12-38-29(40-15-32(16-40)5-7-41(32)13-25(34)35)21(11-36)26(23)30(43)42(17)8-9-46-24-3-2-18(33)10-20(24)19-4-6-37-27-22(31(44)45)14-47-28(19)27/h2-4,6,10,12,14,25H,5,7-9,13,15-16H2,1H3,(H,44,45). The number of nitrogens with zero attached hydrogens (tertiary/aromatic N) is 7. The molecule has 6 heterocycles. The quantitative estimate of drug-likeness (QED) is 0.221. The van der Waals surface area contributed by atoms with E-state index < -0.39 is 18.0 Å². The number of carboxylic acids is 1. The van der Waals surface area contributed by atoms with Crippen molar-refractivity contribution >= 4 is 55.8 Å². The summed E-state index contributed by atoms with van der Waals surface area (Å²) in [6.07, 6.45) is 1.38. The number of hydrogen-bond acceptors (Lipinski definition) is 10. The van der Waals surface area contributed by atoms with Crippen molar-refractivity contribution in [3.63, 3.8) is 0 Å². The van der Waals surface area contributed by atoms with Crippen LogP contribution < -0.4 is 15.2 Å². The van der Waals surface area contributed by atoms with Gasteiger partial charge in [0, 0.05) is 47.4 Å². The zero-order valence-corrected chi connectivity index (χ0v) is 26.5. The third-order valence-electron chi connectivity index (χ3n) is 8.92. The molecule has 2 saturated heterocycles. The number of likely N-dealkylation sites (tertiary alicyclic amines) is 1. The molecule has 0 bridgehead atoms. The van der Waals surface area contributed by atoms with Crippen LogP contribution in [0.5, 0.6) is 5.75 Å². The van der Waals surface area contributed by atoms with Crippen LogP contribution in [-0.4, -0.2) is 80.2 Å². The zero-order valence-electron chi connectivity index (χ0n) is 24.9. The van der Waals surface area contributed by atoms with E-state index in [0.29, 0.717) is 68.9 Å². The molecule has 240 valence electrons. The molecular formula is C32H26ClF2N7O4S. The molecule has 0 amide bonds. The van der Waals surface area contributed by atoms with Crippen molar-refractivity contribution in [1.29, 1.82) is 5.26 Å². The summed E-state index contributed by atoms with van der Waals surface area (Å²) in [7, 11) is 0. The highest BCUT2D eigenvalue weighted by atomic mass is 35.5. The maximum atomic E-state index is 13.9. The predicted molar refractivity (Wildman–Crippen MR) is 173 cm³/mol. The molecule has 2 fully saturated rings. The average Bonchev–Trinajstić information content (AvgIpc) is 3.46. The van der Waals surface area contributed by atoms with Crippen molar-refractivity contribution in [2.75, 3.05) is 37.7 Å². The third kappa shape index (κ3) is 5.24. The van der Waals surface area contributed by atoms with E-state index in [4.69, 9.17) is 16.3 Å². The van der Waals surface area contributed by atoms with Gasteiger partial charge in [-0.1, -0.05) is 11.6 Å². The number of aryl methyl sites for hydroxylation is 1. The van der Waals surface area contributed by atoms with Gasteiger partial charge in [-0.05, 0) is 37.6 Å². The van der Waals surface area contributed by atoms with Gasteiger partial charge >= 0.3 is 5.97 Å². The molecule has 47 heavy (non-hydrogen) atoms. The molecule has 0 atom stereocenters. The molecule has 1 spiro atoms. The number of thiophene rings is 1. The Kier molecular flexibility index (Phi) is 7.78. The summed E-state index contributed by atoms with van der Waals surface area (Å²) >= 11 is 7.61. The number of hydrogen-bond donors (Lipinski definition) is 1. The molecule has 0 saturated carbocycles. The zero-order chi connectivity index (χ0) is 33.0. The van der Waals surface area contributed by atoms with Crippen LogP contribution in [0.15, 0.2) is 46.8 Å². The lowest BCUT2D eigenvalue weighted by atomic mass is 9.77. The number of benzene rings is 1. The van der Waals surface area contributed by atoms with Crippen molar-refractivity contribution in [2.45, 2.75) is 31.9 Å². The molecular weight excluding hydrogens is 652 g/mol. The molecule has 1 N–H and O–H groups in total. The lowest BCUT2D eigenvalue weighted by molar-refractivity contribution is -0.0684. The van der Waals surface area contributed by atoms with E-state index in [1.165, 1.54) is 28.3 Å². The van der Waals surface area contributed by atoms with E-state index in [1.54, 1.807) is 41.5 Å². The van der Waals surface area contributed by atoms with Crippen LogP contribution in [0.4, 0.5) is 14.6 Å². The molecule has 4 aromatic heterocycles. The number of ether oxygens (including phenoxy) is 1. The smallest absolute Gasteiger partial charge is 0.338 e. The molecule has 0 aliphatic carbocycles. The van der Waals surface area contributed by atoms with Gasteiger partial charge in [0.2, 0.25) is 0 Å². The van der Waals surface area contributed by atoms with Crippen LogP contribution in [0.3, 0.4) is 0 Å². The first kappa shape index (κ1) is 30.9. The summed E-state index contributed by atoms with van der Waals surface area (Å²) in [5.74, 6) is 0.157. The number of rotatable bonds is 9. The minimum absolute atomic E-state index is 0.0655. The van der Waals surface area contributed by atoms with Crippen molar-refractivity contribution in [3.8, 4) is 22.9 Å². The Morgan fingerprint density at radius 1 is 1.26 bits per heavy atom. The van der Waals surface area contributed by atoms with Crippen molar-refractivity contribution in [1.82, 2.24) is 24.4 Å². The van der Waals surface area contributed by atoms with Crippen LogP contribution in [0.25, 0.3) is 32.2 Å². The first-order chi connectivity index (χ1) is 22.6. The molecule has 0 unspecified atom stereocenters. The Balaban J connectivity index is 1.16. The Morgan fingerprint density at radius 2 is 2.06 bits per heavy atom. The predicted octanol–water partition coefficient (Wildman–Crippen LogP) is 5.21. The van der Waals surface area contributed by atoms with E-state index in [9.17, 15) is 28.7 Å². The van der Waals surface area contributed by atoms with Gasteiger partial charge < -0.3 is 14.7 Å². The number of alkyl halides is 2. The summed E-state index contributed by atoms with van der Waals surface area (Å²) in [4.78, 5) is 42.5. The van der Waals surface area contributed by atoms with Crippen LogP contribution >= 0.6 is 22.9 Å². The fraction of sp³-hybridized carbons (Fsp3) is 0.312. The number of fused-ring (bicyclic) bond motifs is 2. The van der Waals surface area contributed by atoms with E-state index >= 15 is 0 Å². The molecule has 7 rings (SSSR count). The lowest BCUT2D eigenvalue weighted by Crippen LogP contribution is -2.77. The number of aromatic carboxylic acids is 1. The highest BCUT2D eigenvalue weighted by Crippen LogP contribution is 2.43. The van der Waals surface area contributed by atoms with Crippen molar-refractivity contribution in [3.05, 3.63) is 74.4 Å². The Hall–Kier alpha value is -4.71. The average molecular weight is 678 g/mol. The second kappa shape index (κ2) is 11.8. The number of carbonyl (C=O) groups is 1. The molecule has 2 aliphatic rings. The first-order valence-electron chi connectivity index (χ1n) is 14.7. The van der Waals surface area contributed by atoms with Gasteiger partial charge in [0.15, 0.2) is 0 Å². The maximum Gasteiger partial charge on any atom is 0.338 e. The number of pyridine rings is 2. The van der Waals surface area contributed by atoms with Gasteiger partial charge in [0.05, 0.1) is 51.5 Å². The largest absolute Gasteiger partial charge is 0.491 e. The van der Waals surface area contributed by atoms with Crippen molar-refractivity contribution in [2.24, 2.45) is 0 Å². The fourth-order valence-electron chi connectivity index (χ4n) is 6.51. The molecule has 1 aromatic carbocycles. The molecule has 5 aromatic rings. The number of anilines is 1. The minimum Gasteiger partial charge on any atom is -0.491 e. The summed E-state index contributed by atoms with van der Waals surface area (Å²) in [5.41, 5.74) is 1.44. The second-order valence-corrected chi connectivity index (χ2v) is 12.9. The normalized spacial score (nSPS) is 15.6. The molecule has 0 radical (unpaired) electrons. The highest BCUT2D eigenvalue weighted by molar-refractivity contribution is 7.18. The molecule has 11 nitrogen and oxygen atoms in total. The summed E-state index contributed by atoms with van der Waals surface area (Å²) < 4.78 is 34.4. The summed E-state index contributed by atoms with van der Waals surface area (Å²) in [6.45, 7) is 3.08. The number of aromatic nitrogens is 4. The number of halogens is 3. The Bertz CT molecular complexity index is 2180. The SMILES string of the molecule is Cc1nc2cnc(N3CC4(CCN4CC(F)F)C3)c(C#N)c2c(=O)n1CCOc1ccc(Cl)cc1-c1ccnc2c(C(=O)O)csc12. The monoisotopic (exact) mass is 677 g/mol. The van der Waals surface area contributed by atoms with Gasteiger partial charge in [0.25, 0.3) is 12.0 Å². The van der Waals surface area contributed by atoms with Gasteiger partial charge in [-0.3, -0.25) is 19.2 Å². The van der Waals surface area contributed by atoms with E-state index in [0.717, 1.165) is 6.42 Å². The highest BCUT2D eigenvalue weighted by Gasteiger charge is 2.54. The summed E-state index contributed by atoms with van der Waals surface area (Å²) in [6, 6.07) is 9.02.